The van der Waals surface area contributed by atoms with Gasteiger partial charge in [0.15, 0.2) is 0 Å². The summed E-state index contributed by atoms with van der Waals surface area (Å²) in [6, 6.07) is 5.26. The summed E-state index contributed by atoms with van der Waals surface area (Å²) in [5.74, 6) is 0.378. The molecule has 0 spiro atoms. The summed E-state index contributed by atoms with van der Waals surface area (Å²) in [5, 5.41) is 4.10. The van der Waals surface area contributed by atoms with Gasteiger partial charge in [0.25, 0.3) is 0 Å². The van der Waals surface area contributed by atoms with Gasteiger partial charge < -0.3 is 4.74 Å². The highest BCUT2D eigenvalue weighted by molar-refractivity contribution is 7.98. The van der Waals surface area contributed by atoms with Gasteiger partial charge in [-0.3, -0.25) is 0 Å². The van der Waals surface area contributed by atoms with E-state index >= 15 is 0 Å². The first kappa shape index (κ1) is 12.6. The van der Waals surface area contributed by atoms with Crippen molar-refractivity contribution >= 4 is 17.7 Å². The standard InChI is InChI=1S/C12H13N3O2S/c1-18-8-7-17-12(16)11-9-10(3-5-13-11)15-6-2-4-14-15/h2-6,9H,7-8H2,1H3. The molecule has 6 heteroatoms. The summed E-state index contributed by atoms with van der Waals surface area (Å²) in [6.45, 7) is 0.397. The molecule has 0 aliphatic heterocycles. The predicted octanol–water partition coefficient (Wildman–Crippen LogP) is 1.79. The third-order valence-electron chi connectivity index (χ3n) is 2.24. The molecule has 2 rings (SSSR count). The number of carbonyl (C=O) groups excluding carboxylic acids is 1. The summed E-state index contributed by atoms with van der Waals surface area (Å²) in [5.41, 5.74) is 1.08. The first-order valence-electron chi connectivity index (χ1n) is 5.43. The molecule has 0 aliphatic carbocycles. The zero-order valence-electron chi connectivity index (χ0n) is 9.94. The topological polar surface area (TPSA) is 57.0 Å². The maximum atomic E-state index is 11.7. The van der Waals surface area contributed by atoms with Crippen molar-refractivity contribution in [2.45, 2.75) is 0 Å². The minimum absolute atomic E-state index is 0.295. The van der Waals surface area contributed by atoms with E-state index in [1.165, 1.54) is 0 Å². The van der Waals surface area contributed by atoms with Crippen molar-refractivity contribution in [1.82, 2.24) is 14.8 Å². The smallest absolute Gasteiger partial charge is 0.357 e. The fourth-order valence-corrected chi connectivity index (χ4v) is 1.64. The Morgan fingerprint density at radius 1 is 1.50 bits per heavy atom. The monoisotopic (exact) mass is 263 g/mol. The SMILES string of the molecule is CSCCOC(=O)c1cc(-n2cccn2)ccn1. The molecule has 0 N–H and O–H groups in total. The first-order valence-corrected chi connectivity index (χ1v) is 6.83. The second kappa shape index (κ2) is 6.20. The van der Waals surface area contributed by atoms with Crippen molar-refractivity contribution in [2.24, 2.45) is 0 Å². The van der Waals surface area contributed by atoms with Gasteiger partial charge in [-0.15, -0.1) is 0 Å². The van der Waals surface area contributed by atoms with Gasteiger partial charge in [0.05, 0.1) is 5.69 Å². The van der Waals surface area contributed by atoms with Crippen LogP contribution in [0.2, 0.25) is 0 Å². The van der Waals surface area contributed by atoms with E-state index in [0.717, 1.165) is 11.4 Å². The number of rotatable bonds is 5. The van der Waals surface area contributed by atoms with Crippen LogP contribution in [0.3, 0.4) is 0 Å². The molecular formula is C12H13N3O2S. The summed E-state index contributed by atoms with van der Waals surface area (Å²) in [4.78, 5) is 15.7. The Balaban J connectivity index is 2.10. The number of thioether (sulfide) groups is 1. The van der Waals surface area contributed by atoms with E-state index in [2.05, 4.69) is 10.1 Å². The molecule has 2 aromatic rings. The maximum Gasteiger partial charge on any atom is 0.357 e. The Morgan fingerprint density at radius 2 is 2.39 bits per heavy atom. The first-order chi connectivity index (χ1) is 8.81. The zero-order chi connectivity index (χ0) is 12.8. The quantitative estimate of drug-likeness (QED) is 0.608. The molecule has 18 heavy (non-hydrogen) atoms. The van der Waals surface area contributed by atoms with Crippen LogP contribution < -0.4 is 0 Å². The number of ether oxygens (including phenoxy) is 1. The van der Waals surface area contributed by atoms with Crippen LogP contribution in [0.5, 0.6) is 0 Å². The predicted molar refractivity (Wildman–Crippen MR) is 70.0 cm³/mol. The molecular weight excluding hydrogens is 250 g/mol. The fourth-order valence-electron chi connectivity index (χ4n) is 1.39. The van der Waals surface area contributed by atoms with Gasteiger partial charge in [-0.25, -0.2) is 14.5 Å². The van der Waals surface area contributed by atoms with Gasteiger partial charge in [0.1, 0.15) is 12.3 Å². The van der Waals surface area contributed by atoms with E-state index in [1.54, 1.807) is 47.2 Å². The van der Waals surface area contributed by atoms with E-state index in [-0.39, 0.29) is 0 Å². The van der Waals surface area contributed by atoms with Crippen LogP contribution in [-0.4, -0.2) is 39.3 Å². The number of aromatic nitrogens is 3. The van der Waals surface area contributed by atoms with Crippen LogP contribution in [0.25, 0.3) is 5.69 Å². The average molecular weight is 263 g/mol. The number of carbonyl (C=O) groups is 1. The van der Waals surface area contributed by atoms with Gasteiger partial charge in [0.2, 0.25) is 0 Å². The summed E-state index contributed by atoms with van der Waals surface area (Å²) < 4.78 is 6.76. The van der Waals surface area contributed by atoms with Crippen LogP contribution in [0.4, 0.5) is 0 Å². The number of esters is 1. The van der Waals surface area contributed by atoms with Crippen LogP contribution >= 0.6 is 11.8 Å². The Morgan fingerprint density at radius 3 is 3.11 bits per heavy atom. The molecule has 0 radical (unpaired) electrons. The van der Waals surface area contributed by atoms with Crippen molar-refractivity contribution in [3.05, 3.63) is 42.5 Å². The molecule has 0 atom stereocenters. The van der Waals surface area contributed by atoms with Gasteiger partial charge >= 0.3 is 5.97 Å². The lowest BCUT2D eigenvalue weighted by Crippen LogP contribution is -2.10. The third-order valence-corrected chi connectivity index (χ3v) is 2.82. The van der Waals surface area contributed by atoms with E-state index < -0.39 is 5.97 Å². The highest BCUT2D eigenvalue weighted by Crippen LogP contribution is 2.08. The van der Waals surface area contributed by atoms with Crippen molar-refractivity contribution in [3.63, 3.8) is 0 Å². The summed E-state index contributed by atoms with van der Waals surface area (Å²) in [7, 11) is 0. The molecule has 94 valence electrons. The maximum absolute atomic E-state index is 11.7. The van der Waals surface area contributed by atoms with Crippen molar-refractivity contribution in [1.29, 1.82) is 0 Å². The van der Waals surface area contributed by atoms with Gasteiger partial charge in [-0.05, 0) is 24.5 Å². The second-order valence-electron chi connectivity index (χ2n) is 3.48. The van der Waals surface area contributed by atoms with Gasteiger partial charge in [-0.1, -0.05) is 0 Å². The van der Waals surface area contributed by atoms with E-state index in [9.17, 15) is 4.79 Å². The highest BCUT2D eigenvalue weighted by Gasteiger charge is 2.09. The number of hydrogen-bond donors (Lipinski definition) is 0. The van der Waals surface area contributed by atoms with Crippen LogP contribution in [-0.2, 0) is 4.74 Å². The van der Waals surface area contributed by atoms with Gasteiger partial charge in [0, 0.05) is 24.3 Å². The van der Waals surface area contributed by atoms with Gasteiger partial charge in [-0.2, -0.15) is 16.9 Å². The molecule has 0 fully saturated rings. The Hall–Kier alpha value is -1.82. The molecule has 0 unspecified atom stereocenters. The van der Waals surface area contributed by atoms with Crippen molar-refractivity contribution < 1.29 is 9.53 Å². The second-order valence-corrected chi connectivity index (χ2v) is 4.46. The lowest BCUT2D eigenvalue weighted by atomic mass is 10.3. The highest BCUT2D eigenvalue weighted by atomic mass is 32.2. The number of pyridine rings is 1. The van der Waals surface area contributed by atoms with E-state index in [4.69, 9.17) is 4.74 Å². The van der Waals surface area contributed by atoms with Crippen molar-refractivity contribution in [3.8, 4) is 5.69 Å². The molecule has 0 aliphatic rings. The third kappa shape index (κ3) is 3.10. The van der Waals surface area contributed by atoms with Crippen LogP contribution in [0.15, 0.2) is 36.8 Å². The fraction of sp³-hybridized carbons (Fsp3) is 0.250. The Kier molecular flexibility index (Phi) is 4.35. The molecule has 5 nitrogen and oxygen atoms in total. The molecule has 0 amide bonds. The molecule has 0 saturated heterocycles. The largest absolute Gasteiger partial charge is 0.460 e. The Bertz CT molecular complexity index is 514. The lowest BCUT2D eigenvalue weighted by Gasteiger charge is -2.05. The van der Waals surface area contributed by atoms with Crippen molar-refractivity contribution in [2.75, 3.05) is 18.6 Å². The normalized spacial score (nSPS) is 10.3. The summed E-state index contributed by atoms with van der Waals surface area (Å²) >= 11 is 1.63. The molecule has 0 bridgehead atoms. The molecule has 2 aromatic heterocycles. The summed E-state index contributed by atoms with van der Waals surface area (Å²) in [6.07, 6.45) is 7.02. The average Bonchev–Trinajstić information content (AvgIpc) is 2.93. The van der Waals surface area contributed by atoms with Crippen LogP contribution in [0.1, 0.15) is 10.5 Å². The van der Waals surface area contributed by atoms with E-state index in [1.807, 2.05) is 12.3 Å². The Labute approximate surface area is 109 Å². The molecule has 0 saturated carbocycles. The van der Waals surface area contributed by atoms with E-state index in [0.29, 0.717) is 12.3 Å². The lowest BCUT2D eigenvalue weighted by molar-refractivity contribution is 0.0523. The minimum Gasteiger partial charge on any atom is -0.460 e. The molecule has 2 heterocycles. The zero-order valence-corrected chi connectivity index (χ0v) is 10.8. The molecule has 0 aromatic carbocycles. The minimum atomic E-state index is -0.405. The number of hydrogen-bond acceptors (Lipinski definition) is 5. The van der Waals surface area contributed by atoms with Crippen LogP contribution in [0, 0.1) is 0 Å². The number of nitrogens with zero attached hydrogens (tertiary/aromatic N) is 3.